The van der Waals surface area contributed by atoms with Crippen LogP contribution in [0.2, 0.25) is 0 Å². The van der Waals surface area contributed by atoms with Gasteiger partial charge >= 0.3 is 0 Å². The lowest BCUT2D eigenvalue weighted by Crippen LogP contribution is -2.27. The largest absolute Gasteiger partial charge is 0.364 e. The van der Waals surface area contributed by atoms with E-state index in [0.717, 1.165) is 5.69 Å². The van der Waals surface area contributed by atoms with Crippen molar-refractivity contribution >= 4 is 17.5 Å². The Morgan fingerprint density at radius 3 is 2.19 bits per heavy atom. The Bertz CT molecular complexity index is 620. The van der Waals surface area contributed by atoms with Crippen LogP contribution in [-0.4, -0.2) is 20.7 Å². The van der Waals surface area contributed by atoms with Crippen molar-refractivity contribution in [1.29, 1.82) is 0 Å². The fraction of sp³-hybridized carbons (Fsp3) is 0.438. The van der Waals surface area contributed by atoms with Crippen molar-refractivity contribution in [3.05, 3.63) is 35.0 Å². The number of benzene rings is 1. The maximum atomic E-state index is 4.46. The van der Waals surface area contributed by atoms with Gasteiger partial charge in [-0.3, -0.25) is 0 Å². The topological polar surface area (TPSA) is 62.7 Å². The average molecular weight is 285 g/mol. The molecule has 0 radical (unpaired) electrons. The monoisotopic (exact) mass is 285 g/mol. The molecule has 112 valence electrons. The first-order chi connectivity index (χ1) is 9.74. The van der Waals surface area contributed by atoms with Crippen LogP contribution in [0.5, 0.6) is 0 Å². The fourth-order valence-corrected chi connectivity index (χ4v) is 2.29. The molecule has 0 spiro atoms. The van der Waals surface area contributed by atoms with Gasteiger partial charge in [-0.15, -0.1) is 5.10 Å². The van der Waals surface area contributed by atoms with Crippen molar-refractivity contribution < 1.29 is 0 Å². The number of nitrogens with one attached hydrogen (secondary N) is 2. The Morgan fingerprint density at radius 2 is 1.62 bits per heavy atom. The molecular formula is C16H23N5. The number of aromatic nitrogens is 3. The minimum Gasteiger partial charge on any atom is -0.364 e. The van der Waals surface area contributed by atoms with Crippen LogP contribution in [0.3, 0.4) is 0 Å². The highest BCUT2D eigenvalue weighted by atomic mass is 15.3. The first kappa shape index (κ1) is 15.2. The fourth-order valence-electron chi connectivity index (χ4n) is 2.29. The van der Waals surface area contributed by atoms with E-state index < -0.39 is 0 Å². The second-order valence-electron chi connectivity index (χ2n) is 6.44. The molecule has 0 aliphatic heterocycles. The van der Waals surface area contributed by atoms with Crippen LogP contribution in [0.15, 0.2) is 18.3 Å². The molecule has 0 fully saturated rings. The van der Waals surface area contributed by atoms with E-state index in [1.54, 1.807) is 6.20 Å². The van der Waals surface area contributed by atoms with Gasteiger partial charge in [0.05, 0.1) is 6.20 Å². The van der Waals surface area contributed by atoms with Crippen LogP contribution >= 0.6 is 0 Å². The van der Waals surface area contributed by atoms with Crippen molar-refractivity contribution in [1.82, 2.24) is 15.2 Å². The zero-order valence-corrected chi connectivity index (χ0v) is 13.6. The molecule has 0 saturated heterocycles. The second-order valence-corrected chi connectivity index (χ2v) is 6.44. The van der Waals surface area contributed by atoms with Gasteiger partial charge in [-0.25, -0.2) is 0 Å². The number of nitrogens with zero attached hydrogens (tertiary/aromatic N) is 3. The normalized spacial score (nSPS) is 11.3. The number of aryl methyl sites for hydroxylation is 3. The third-order valence-electron chi connectivity index (χ3n) is 2.98. The van der Waals surface area contributed by atoms with E-state index in [-0.39, 0.29) is 5.54 Å². The standard InChI is InChI=1S/C16H23N5/c1-10-7-11(2)14(12(3)8-10)19-15-18-13(9-17-21-15)20-16(4,5)6/h7-9H,1-6H3,(H2,18,19,20,21). The Kier molecular flexibility index (Phi) is 4.11. The van der Waals surface area contributed by atoms with Gasteiger partial charge in [0.1, 0.15) is 0 Å². The quantitative estimate of drug-likeness (QED) is 0.899. The van der Waals surface area contributed by atoms with E-state index >= 15 is 0 Å². The average Bonchev–Trinajstić information content (AvgIpc) is 2.32. The Labute approximate surface area is 126 Å². The Balaban J connectivity index is 2.27. The molecule has 21 heavy (non-hydrogen) atoms. The molecule has 0 aliphatic rings. The summed E-state index contributed by atoms with van der Waals surface area (Å²) in [5, 5.41) is 14.6. The molecule has 0 bridgehead atoms. The van der Waals surface area contributed by atoms with E-state index in [9.17, 15) is 0 Å². The molecule has 0 unspecified atom stereocenters. The van der Waals surface area contributed by atoms with Crippen molar-refractivity contribution in [3.8, 4) is 0 Å². The van der Waals surface area contributed by atoms with Gasteiger partial charge in [-0.2, -0.15) is 10.1 Å². The second kappa shape index (κ2) is 5.68. The molecule has 1 aromatic heterocycles. The Morgan fingerprint density at radius 1 is 1.00 bits per heavy atom. The summed E-state index contributed by atoms with van der Waals surface area (Å²) in [5.41, 5.74) is 4.56. The van der Waals surface area contributed by atoms with Crippen LogP contribution in [0.25, 0.3) is 0 Å². The van der Waals surface area contributed by atoms with E-state index in [0.29, 0.717) is 11.8 Å². The molecular weight excluding hydrogens is 262 g/mol. The van der Waals surface area contributed by atoms with Gasteiger partial charge in [-0.1, -0.05) is 17.7 Å². The molecule has 2 rings (SSSR count). The molecule has 0 saturated carbocycles. The summed E-state index contributed by atoms with van der Waals surface area (Å²) in [6.45, 7) is 12.5. The highest BCUT2D eigenvalue weighted by Gasteiger charge is 2.12. The van der Waals surface area contributed by atoms with Gasteiger partial charge in [0.25, 0.3) is 0 Å². The maximum absolute atomic E-state index is 4.46. The van der Waals surface area contributed by atoms with Gasteiger partial charge < -0.3 is 10.6 Å². The minimum atomic E-state index is -0.0665. The number of hydrogen-bond acceptors (Lipinski definition) is 5. The molecule has 0 atom stereocenters. The third kappa shape index (κ3) is 4.15. The summed E-state index contributed by atoms with van der Waals surface area (Å²) in [7, 11) is 0. The lowest BCUT2D eigenvalue weighted by Gasteiger charge is -2.21. The predicted molar refractivity (Wildman–Crippen MR) is 87.1 cm³/mol. The summed E-state index contributed by atoms with van der Waals surface area (Å²) >= 11 is 0. The molecule has 0 amide bonds. The van der Waals surface area contributed by atoms with Crippen LogP contribution in [-0.2, 0) is 0 Å². The van der Waals surface area contributed by atoms with Crippen molar-refractivity contribution in [2.75, 3.05) is 10.6 Å². The summed E-state index contributed by atoms with van der Waals surface area (Å²) < 4.78 is 0. The maximum Gasteiger partial charge on any atom is 0.249 e. The van der Waals surface area contributed by atoms with Crippen LogP contribution in [0, 0.1) is 20.8 Å². The first-order valence-electron chi connectivity index (χ1n) is 7.07. The van der Waals surface area contributed by atoms with E-state index in [4.69, 9.17) is 0 Å². The van der Waals surface area contributed by atoms with E-state index in [2.05, 4.69) is 79.5 Å². The summed E-state index contributed by atoms with van der Waals surface area (Å²) in [6, 6.07) is 4.28. The van der Waals surface area contributed by atoms with Crippen molar-refractivity contribution in [3.63, 3.8) is 0 Å². The molecule has 2 aromatic rings. The Hall–Kier alpha value is -2.17. The van der Waals surface area contributed by atoms with Crippen LogP contribution < -0.4 is 10.6 Å². The lowest BCUT2D eigenvalue weighted by molar-refractivity contribution is 0.629. The molecule has 1 heterocycles. The highest BCUT2D eigenvalue weighted by molar-refractivity contribution is 5.64. The van der Waals surface area contributed by atoms with E-state index in [1.807, 2.05) is 0 Å². The van der Waals surface area contributed by atoms with Gasteiger partial charge in [0.2, 0.25) is 5.95 Å². The van der Waals surface area contributed by atoms with Gasteiger partial charge in [0, 0.05) is 11.2 Å². The van der Waals surface area contributed by atoms with Gasteiger partial charge in [0.15, 0.2) is 5.82 Å². The molecule has 2 N–H and O–H groups in total. The number of hydrogen-bond donors (Lipinski definition) is 2. The lowest BCUT2D eigenvalue weighted by atomic mass is 10.1. The molecule has 0 aliphatic carbocycles. The van der Waals surface area contributed by atoms with Gasteiger partial charge in [-0.05, 0) is 52.7 Å². The minimum absolute atomic E-state index is 0.0665. The first-order valence-corrected chi connectivity index (χ1v) is 7.07. The van der Waals surface area contributed by atoms with Crippen molar-refractivity contribution in [2.24, 2.45) is 0 Å². The summed E-state index contributed by atoms with van der Waals surface area (Å²) in [6.07, 6.45) is 1.63. The smallest absolute Gasteiger partial charge is 0.249 e. The summed E-state index contributed by atoms with van der Waals surface area (Å²) in [5.74, 6) is 1.21. The SMILES string of the molecule is Cc1cc(C)c(Nc2nncc(NC(C)(C)C)n2)c(C)c1. The zero-order valence-electron chi connectivity index (χ0n) is 13.6. The van der Waals surface area contributed by atoms with Crippen LogP contribution in [0.1, 0.15) is 37.5 Å². The molecule has 5 nitrogen and oxygen atoms in total. The van der Waals surface area contributed by atoms with E-state index in [1.165, 1.54) is 16.7 Å². The van der Waals surface area contributed by atoms with Crippen LogP contribution in [0.4, 0.5) is 17.5 Å². The predicted octanol–water partition coefficient (Wildman–Crippen LogP) is 3.75. The number of anilines is 3. The highest BCUT2D eigenvalue weighted by Crippen LogP contribution is 2.24. The zero-order chi connectivity index (χ0) is 15.6. The summed E-state index contributed by atoms with van der Waals surface area (Å²) in [4.78, 5) is 4.46. The number of rotatable bonds is 3. The van der Waals surface area contributed by atoms with Crippen molar-refractivity contribution in [2.45, 2.75) is 47.1 Å². The molecule has 5 heteroatoms. The molecule has 1 aromatic carbocycles. The third-order valence-corrected chi connectivity index (χ3v) is 2.98.